The van der Waals surface area contributed by atoms with Gasteiger partial charge in [0.05, 0.1) is 0 Å². The van der Waals surface area contributed by atoms with Crippen LogP contribution in [-0.4, -0.2) is 19.2 Å². The zero-order valence-corrected chi connectivity index (χ0v) is 6.94. The summed E-state index contributed by atoms with van der Waals surface area (Å²) in [5, 5.41) is 0. The molecular weight excluding hydrogens is 150 g/mol. The lowest BCUT2D eigenvalue weighted by molar-refractivity contribution is 1.43. The predicted molar refractivity (Wildman–Crippen MR) is 51.6 cm³/mol. The molecule has 0 atom stereocenters. The molecule has 0 fully saturated rings. The number of amidine groups is 1. The standard InChI is InChI=1S/C9H11N3/c1-11-7-12-9(10)8-5-3-2-4-6-8/h2-7H,1H3,(H2,10,11,12). The summed E-state index contributed by atoms with van der Waals surface area (Å²) in [5.74, 6) is 0.487. The first-order chi connectivity index (χ1) is 5.84. The van der Waals surface area contributed by atoms with Gasteiger partial charge in [0.15, 0.2) is 0 Å². The van der Waals surface area contributed by atoms with E-state index in [0.717, 1.165) is 5.56 Å². The summed E-state index contributed by atoms with van der Waals surface area (Å²) in [4.78, 5) is 7.62. The Hall–Kier alpha value is -1.64. The van der Waals surface area contributed by atoms with E-state index in [-0.39, 0.29) is 0 Å². The zero-order valence-electron chi connectivity index (χ0n) is 6.94. The topological polar surface area (TPSA) is 50.7 Å². The Morgan fingerprint density at radius 2 is 2.00 bits per heavy atom. The third-order valence-electron chi connectivity index (χ3n) is 1.38. The van der Waals surface area contributed by atoms with Gasteiger partial charge >= 0.3 is 0 Å². The van der Waals surface area contributed by atoms with Crippen LogP contribution in [-0.2, 0) is 0 Å². The van der Waals surface area contributed by atoms with Crippen molar-refractivity contribution in [1.82, 2.24) is 0 Å². The predicted octanol–water partition coefficient (Wildman–Crippen LogP) is 1.05. The second-order valence-electron chi connectivity index (χ2n) is 2.25. The summed E-state index contributed by atoms with van der Waals surface area (Å²) in [7, 11) is 1.65. The van der Waals surface area contributed by atoms with E-state index < -0.39 is 0 Å². The van der Waals surface area contributed by atoms with Crippen LogP contribution in [0.5, 0.6) is 0 Å². The van der Waals surface area contributed by atoms with E-state index in [9.17, 15) is 0 Å². The highest BCUT2D eigenvalue weighted by Gasteiger charge is 1.92. The third kappa shape index (κ3) is 2.20. The number of benzene rings is 1. The van der Waals surface area contributed by atoms with Crippen molar-refractivity contribution < 1.29 is 0 Å². The number of rotatable bonds is 2. The normalized spacial score (nSPS) is 12.2. The Morgan fingerprint density at radius 1 is 1.33 bits per heavy atom. The lowest BCUT2D eigenvalue weighted by Gasteiger charge is -1.96. The number of hydrogen-bond acceptors (Lipinski definition) is 1. The van der Waals surface area contributed by atoms with E-state index in [1.54, 1.807) is 7.05 Å². The van der Waals surface area contributed by atoms with Gasteiger partial charge in [-0.2, -0.15) is 0 Å². The van der Waals surface area contributed by atoms with E-state index in [0.29, 0.717) is 5.84 Å². The summed E-state index contributed by atoms with van der Waals surface area (Å²) >= 11 is 0. The van der Waals surface area contributed by atoms with Crippen LogP contribution >= 0.6 is 0 Å². The maximum Gasteiger partial charge on any atom is 0.132 e. The Balaban J connectivity index is 2.85. The molecule has 0 bridgehead atoms. The summed E-state index contributed by atoms with van der Waals surface area (Å²) in [6.45, 7) is 0. The minimum Gasteiger partial charge on any atom is -0.383 e. The molecule has 0 amide bonds. The van der Waals surface area contributed by atoms with Gasteiger partial charge in [-0.05, 0) is 0 Å². The van der Waals surface area contributed by atoms with Gasteiger partial charge in [-0.3, -0.25) is 4.99 Å². The minimum absolute atomic E-state index is 0.487. The molecule has 12 heavy (non-hydrogen) atoms. The van der Waals surface area contributed by atoms with Crippen molar-refractivity contribution in [2.45, 2.75) is 0 Å². The lowest BCUT2D eigenvalue weighted by Crippen LogP contribution is -2.12. The molecule has 0 saturated heterocycles. The maximum absolute atomic E-state index is 5.64. The molecular formula is C9H11N3. The fraction of sp³-hybridized carbons (Fsp3) is 0.111. The van der Waals surface area contributed by atoms with Crippen LogP contribution < -0.4 is 5.73 Å². The van der Waals surface area contributed by atoms with Crippen LogP contribution in [0, 0.1) is 0 Å². The molecule has 3 nitrogen and oxygen atoms in total. The Kier molecular flexibility index (Phi) is 3.02. The van der Waals surface area contributed by atoms with Crippen molar-refractivity contribution in [2.24, 2.45) is 15.7 Å². The molecule has 2 N–H and O–H groups in total. The van der Waals surface area contributed by atoms with Crippen LogP contribution in [0.15, 0.2) is 40.3 Å². The van der Waals surface area contributed by atoms with Crippen molar-refractivity contribution in [3.63, 3.8) is 0 Å². The number of nitrogens with zero attached hydrogens (tertiary/aromatic N) is 2. The highest BCUT2D eigenvalue weighted by molar-refractivity contribution is 6.01. The van der Waals surface area contributed by atoms with Crippen molar-refractivity contribution in [2.75, 3.05) is 7.05 Å². The van der Waals surface area contributed by atoms with Gasteiger partial charge in [0.25, 0.3) is 0 Å². The summed E-state index contributed by atoms with van der Waals surface area (Å²) < 4.78 is 0. The molecule has 0 radical (unpaired) electrons. The quantitative estimate of drug-likeness (QED) is 0.511. The fourth-order valence-electron chi connectivity index (χ4n) is 0.803. The molecule has 0 unspecified atom stereocenters. The smallest absolute Gasteiger partial charge is 0.132 e. The SMILES string of the molecule is CN=CN=C(N)c1ccccc1. The zero-order chi connectivity index (χ0) is 8.81. The summed E-state index contributed by atoms with van der Waals surface area (Å²) in [6.07, 6.45) is 1.43. The first kappa shape index (κ1) is 8.46. The highest BCUT2D eigenvalue weighted by Crippen LogP contribution is 1.96. The summed E-state index contributed by atoms with van der Waals surface area (Å²) in [6, 6.07) is 9.58. The van der Waals surface area contributed by atoms with Crippen LogP contribution in [0.4, 0.5) is 0 Å². The van der Waals surface area contributed by atoms with Crippen LogP contribution in [0.1, 0.15) is 5.56 Å². The van der Waals surface area contributed by atoms with Gasteiger partial charge in [-0.25, -0.2) is 4.99 Å². The highest BCUT2D eigenvalue weighted by atomic mass is 14.9. The first-order valence-corrected chi connectivity index (χ1v) is 3.64. The molecule has 0 aromatic heterocycles. The molecule has 3 heteroatoms. The van der Waals surface area contributed by atoms with Gasteiger partial charge in [-0.15, -0.1) is 0 Å². The van der Waals surface area contributed by atoms with Crippen molar-refractivity contribution in [1.29, 1.82) is 0 Å². The monoisotopic (exact) mass is 161 g/mol. The van der Waals surface area contributed by atoms with Gasteiger partial charge in [0, 0.05) is 12.6 Å². The van der Waals surface area contributed by atoms with Crippen LogP contribution in [0.25, 0.3) is 0 Å². The van der Waals surface area contributed by atoms with Crippen molar-refractivity contribution >= 4 is 12.2 Å². The molecule has 1 aromatic rings. The Morgan fingerprint density at radius 3 is 2.58 bits per heavy atom. The number of hydrogen-bond donors (Lipinski definition) is 1. The second kappa shape index (κ2) is 4.28. The number of nitrogens with two attached hydrogens (primary N) is 1. The molecule has 0 aliphatic carbocycles. The average molecular weight is 161 g/mol. The molecule has 62 valence electrons. The van der Waals surface area contributed by atoms with E-state index in [2.05, 4.69) is 9.98 Å². The molecule has 0 spiro atoms. The van der Waals surface area contributed by atoms with Crippen molar-refractivity contribution in [3.05, 3.63) is 35.9 Å². The maximum atomic E-state index is 5.64. The molecule has 0 aliphatic rings. The lowest BCUT2D eigenvalue weighted by atomic mass is 10.2. The molecule has 1 rings (SSSR count). The Bertz CT molecular complexity index is 288. The van der Waals surface area contributed by atoms with Crippen molar-refractivity contribution in [3.8, 4) is 0 Å². The second-order valence-corrected chi connectivity index (χ2v) is 2.25. The molecule has 1 aromatic carbocycles. The molecule has 0 saturated carbocycles. The van der Waals surface area contributed by atoms with Gasteiger partial charge in [0.2, 0.25) is 0 Å². The Labute approximate surface area is 71.7 Å². The first-order valence-electron chi connectivity index (χ1n) is 3.64. The minimum atomic E-state index is 0.487. The van der Waals surface area contributed by atoms with E-state index in [1.165, 1.54) is 6.34 Å². The van der Waals surface area contributed by atoms with Gasteiger partial charge in [-0.1, -0.05) is 30.3 Å². The summed E-state index contributed by atoms with van der Waals surface area (Å²) in [5.41, 5.74) is 6.55. The van der Waals surface area contributed by atoms with Gasteiger partial charge < -0.3 is 5.73 Å². The molecule has 0 aliphatic heterocycles. The number of aliphatic imine (C=N–C) groups is 2. The average Bonchev–Trinajstić information content (AvgIpc) is 2.15. The van der Waals surface area contributed by atoms with E-state index in [1.807, 2.05) is 30.3 Å². The van der Waals surface area contributed by atoms with Crippen LogP contribution in [0.2, 0.25) is 0 Å². The van der Waals surface area contributed by atoms with E-state index in [4.69, 9.17) is 5.73 Å². The fourth-order valence-corrected chi connectivity index (χ4v) is 0.803. The molecule has 0 heterocycles. The van der Waals surface area contributed by atoms with Crippen LogP contribution in [0.3, 0.4) is 0 Å². The van der Waals surface area contributed by atoms with E-state index >= 15 is 0 Å². The third-order valence-corrected chi connectivity index (χ3v) is 1.38. The van der Waals surface area contributed by atoms with Gasteiger partial charge in [0.1, 0.15) is 12.2 Å². The largest absolute Gasteiger partial charge is 0.383 e.